The lowest BCUT2D eigenvalue weighted by atomic mass is 10.1. The quantitative estimate of drug-likeness (QED) is 0.0275. The van der Waals surface area contributed by atoms with Gasteiger partial charge in [-0.15, -0.1) is 0 Å². The molecule has 0 unspecified atom stereocenters. The van der Waals surface area contributed by atoms with Crippen LogP contribution in [0, 0.1) is 0 Å². The largest absolute Gasteiger partial charge is 0.469 e. The summed E-state index contributed by atoms with van der Waals surface area (Å²) in [6.45, 7) is 3.59. The minimum atomic E-state index is -4.77. The van der Waals surface area contributed by atoms with Gasteiger partial charge in [-0.3, -0.25) is 14.1 Å². The summed E-state index contributed by atoms with van der Waals surface area (Å²) in [5, 5.41) is 0. The molecule has 0 saturated heterocycles. The molecule has 0 fully saturated rings. The van der Waals surface area contributed by atoms with E-state index in [-0.39, 0.29) is 19.4 Å². The zero-order valence-electron chi connectivity index (χ0n) is 34.1. The van der Waals surface area contributed by atoms with E-state index in [9.17, 15) is 14.2 Å². The average Bonchev–Trinajstić information content (AvgIpc) is 3.14. The Morgan fingerprint density at radius 1 is 0.481 bits per heavy atom. The lowest BCUT2D eigenvalue weighted by molar-refractivity contribution is -0.161. The number of ether oxygens (including phenoxy) is 2. The third-order valence-corrected chi connectivity index (χ3v) is 9.18. The molecule has 0 aliphatic rings. The standard InChI is InChI=1S/C45H77O8P/c1-3-5-7-9-11-13-15-17-19-20-21-22-23-24-26-27-29-31-33-35-37-39-44(46)51-41-43(42-52-54(48,49)50)53-45(47)40-38-36-34-32-30-28-25-18-16-14-12-10-8-6-4-2/h12,14,18-20,22-23,25-27,31,33,43H,3-11,13,15-17,21,24,28-30,32,34-42H2,1-2H3,(H2,48,49,50)/b14-12+,20-19+,23-22+,25-18+,27-26+,33-31+/t43-/m1/s1. The zero-order valence-corrected chi connectivity index (χ0v) is 35.0. The van der Waals surface area contributed by atoms with Gasteiger partial charge in [0.1, 0.15) is 6.61 Å². The van der Waals surface area contributed by atoms with Gasteiger partial charge in [0.15, 0.2) is 6.10 Å². The molecule has 0 aromatic rings. The van der Waals surface area contributed by atoms with Gasteiger partial charge in [0, 0.05) is 12.8 Å². The molecule has 54 heavy (non-hydrogen) atoms. The van der Waals surface area contributed by atoms with Crippen molar-refractivity contribution < 1.29 is 37.9 Å². The number of carbonyl (C=O) groups is 2. The van der Waals surface area contributed by atoms with Crippen LogP contribution in [0.1, 0.15) is 181 Å². The van der Waals surface area contributed by atoms with Crippen LogP contribution in [0.25, 0.3) is 0 Å². The van der Waals surface area contributed by atoms with Crippen LogP contribution in [0.15, 0.2) is 72.9 Å². The van der Waals surface area contributed by atoms with E-state index in [4.69, 9.17) is 19.3 Å². The van der Waals surface area contributed by atoms with Crippen molar-refractivity contribution in [2.45, 2.75) is 187 Å². The van der Waals surface area contributed by atoms with E-state index < -0.39 is 32.5 Å². The van der Waals surface area contributed by atoms with Crippen LogP contribution in [0.4, 0.5) is 0 Å². The molecule has 0 spiro atoms. The van der Waals surface area contributed by atoms with E-state index in [1.165, 1.54) is 77.0 Å². The Hall–Kier alpha value is -2.51. The Morgan fingerprint density at radius 3 is 1.33 bits per heavy atom. The summed E-state index contributed by atoms with van der Waals surface area (Å²) in [4.78, 5) is 42.8. The molecule has 0 aromatic heterocycles. The van der Waals surface area contributed by atoms with Gasteiger partial charge >= 0.3 is 19.8 Å². The second kappa shape index (κ2) is 40.2. The van der Waals surface area contributed by atoms with E-state index in [0.29, 0.717) is 12.8 Å². The second-order valence-electron chi connectivity index (χ2n) is 14.0. The SMILES string of the molecule is CCCCC/C=C/C/C=C/CCCCCCCC(=O)O[C@H](COC(=O)CCC/C=C/C/C=C/C/C=C/C/C=C/CCCCCCCCC)COP(=O)(O)O. The molecular formula is C45H77O8P. The van der Waals surface area contributed by atoms with Crippen molar-refractivity contribution in [3.63, 3.8) is 0 Å². The molecule has 0 bridgehead atoms. The third-order valence-electron chi connectivity index (χ3n) is 8.70. The van der Waals surface area contributed by atoms with Crippen molar-refractivity contribution in [2.75, 3.05) is 13.2 Å². The van der Waals surface area contributed by atoms with E-state index in [2.05, 4.69) is 85.2 Å². The number of hydrogen-bond donors (Lipinski definition) is 2. The highest BCUT2D eigenvalue weighted by atomic mass is 31.2. The van der Waals surface area contributed by atoms with Crippen LogP contribution in [0.2, 0.25) is 0 Å². The van der Waals surface area contributed by atoms with Crippen molar-refractivity contribution in [1.82, 2.24) is 0 Å². The van der Waals surface area contributed by atoms with Gasteiger partial charge in [-0.25, -0.2) is 4.57 Å². The number of allylic oxidation sites excluding steroid dienone is 12. The fourth-order valence-corrected chi connectivity index (χ4v) is 5.87. The average molecular weight is 777 g/mol. The first kappa shape index (κ1) is 51.5. The third kappa shape index (κ3) is 42.2. The summed E-state index contributed by atoms with van der Waals surface area (Å²) >= 11 is 0. The van der Waals surface area contributed by atoms with Crippen molar-refractivity contribution in [1.29, 1.82) is 0 Å². The number of unbranched alkanes of at least 4 members (excludes halogenated alkanes) is 16. The topological polar surface area (TPSA) is 119 Å². The van der Waals surface area contributed by atoms with Crippen LogP contribution < -0.4 is 0 Å². The molecule has 0 rings (SSSR count). The van der Waals surface area contributed by atoms with Crippen molar-refractivity contribution >= 4 is 19.8 Å². The van der Waals surface area contributed by atoms with E-state index >= 15 is 0 Å². The monoisotopic (exact) mass is 777 g/mol. The first-order valence-corrected chi connectivity index (χ1v) is 22.8. The molecule has 310 valence electrons. The minimum absolute atomic E-state index is 0.181. The van der Waals surface area contributed by atoms with Crippen molar-refractivity contribution in [3.8, 4) is 0 Å². The van der Waals surface area contributed by atoms with Crippen LogP contribution in [0.5, 0.6) is 0 Å². The summed E-state index contributed by atoms with van der Waals surface area (Å²) < 4.78 is 26.3. The van der Waals surface area contributed by atoms with Gasteiger partial charge in [-0.1, -0.05) is 157 Å². The molecule has 0 amide bonds. The molecule has 2 N–H and O–H groups in total. The maximum Gasteiger partial charge on any atom is 0.469 e. The highest BCUT2D eigenvalue weighted by Gasteiger charge is 2.22. The van der Waals surface area contributed by atoms with Gasteiger partial charge in [0.25, 0.3) is 0 Å². The predicted molar refractivity (Wildman–Crippen MR) is 225 cm³/mol. The Labute approximate surface area is 329 Å². The fraction of sp³-hybridized carbons (Fsp3) is 0.689. The van der Waals surface area contributed by atoms with Crippen LogP contribution >= 0.6 is 7.82 Å². The highest BCUT2D eigenvalue weighted by molar-refractivity contribution is 7.46. The van der Waals surface area contributed by atoms with Gasteiger partial charge in [-0.05, 0) is 83.5 Å². The lowest BCUT2D eigenvalue weighted by Gasteiger charge is -2.18. The summed E-state index contributed by atoms with van der Waals surface area (Å²) in [6, 6.07) is 0. The predicted octanol–water partition coefficient (Wildman–Crippen LogP) is 13.1. The Morgan fingerprint density at radius 2 is 0.852 bits per heavy atom. The summed E-state index contributed by atoms with van der Waals surface area (Å²) in [5.74, 6) is -0.971. The van der Waals surface area contributed by atoms with Crippen LogP contribution in [-0.4, -0.2) is 41.0 Å². The Balaban J connectivity index is 4.05. The summed E-state index contributed by atoms with van der Waals surface area (Å²) in [7, 11) is -4.77. The van der Waals surface area contributed by atoms with E-state index in [1.54, 1.807) is 0 Å². The molecule has 0 aromatic carbocycles. The van der Waals surface area contributed by atoms with Crippen LogP contribution in [0.3, 0.4) is 0 Å². The Kier molecular flexibility index (Phi) is 38.3. The first-order valence-electron chi connectivity index (χ1n) is 21.2. The molecule has 0 radical (unpaired) electrons. The van der Waals surface area contributed by atoms with E-state index in [1.807, 2.05) is 6.08 Å². The zero-order chi connectivity index (χ0) is 39.6. The van der Waals surface area contributed by atoms with Crippen molar-refractivity contribution in [3.05, 3.63) is 72.9 Å². The molecular weight excluding hydrogens is 699 g/mol. The van der Waals surface area contributed by atoms with Gasteiger partial charge < -0.3 is 19.3 Å². The lowest BCUT2D eigenvalue weighted by Crippen LogP contribution is -2.29. The normalized spacial score (nSPS) is 13.2. The molecule has 0 saturated carbocycles. The maximum absolute atomic E-state index is 12.4. The molecule has 0 aliphatic heterocycles. The van der Waals surface area contributed by atoms with Crippen molar-refractivity contribution in [2.24, 2.45) is 0 Å². The van der Waals surface area contributed by atoms with E-state index in [0.717, 1.165) is 64.2 Å². The van der Waals surface area contributed by atoms with Crippen LogP contribution in [-0.2, 0) is 28.2 Å². The Bertz CT molecular complexity index is 1100. The number of rotatable bonds is 38. The summed E-state index contributed by atoms with van der Waals surface area (Å²) in [6.07, 6.45) is 52.0. The highest BCUT2D eigenvalue weighted by Crippen LogP contribution is 2.36. The fourth-order valence-electron chi connectivity index (χ4n) is 5.51. The number of carbonyl (C=O) groups excluding carboxylic acids is 2. The molecule has 0 aliphatic carbocycles. The second-order valence-corrected chi connectivity index (χ2v) is 15.2. The number of phosphoric acid groups is 1. The number of phosphoric ester groups is 1. The smallest absolute Gasteiger partial charge is 0.462 e. The number of esters is 2. The molecule has 0 heterocycles. The maximum atomic E-state index is 12.4. The number of hydrogen-bond acceptors (Lipinski definition) is 6. The van der Waals surface area contributed by atoms with Gasteiger partial charge in [0.05, 0.1) is 6.61 Å². The minimum Gasteiger partial charge on any atom is -0.462 e. The summed E-state index contributed by atoms with van der Waals surface area (Å²) in [5.41, 5.74) is 0. The molecule has 9 heteroatoms. The van der Waals surface area contributed by atoms with Gasteiger partial charge in [0.2, 0.25) is 0 Å². The molecule has 8 nitrogen and oxygen atoms in total. The first-order chi connectivity index (χ1) is 26.3. The molecule has 1 atom stereocenters. The van der Waals surface area contributed by atoms with Gasteiger partial charge in [-0.2, -0.15) is 0 Å².